The Bertz CT molecular complexity index is 803. The Morgan fingerprint density at radius 1 is 1.15 bits per heavy atom. The van der Waals surface area contributed by atoms with Crippen LogP contribution >= 0.6 is 11.6 Å². The van der Waals surface area contributed by atoms with Gasteiger partial charge in [0, 0.05) is 12.3 Å². The third-order valence-corrected chi connectivity index (χ3v) is 3.26. The van der Waals surface area contributed by atoms with Crippen molar-refractivity contribution in [2.24, 2.45) is 0 Å². The van der Waals surface area contributed by atoms with E-state index in [1.807, 2.05) is 0 Å². The van der Waals surface area contributed by atoms with Gasteiger partial charge in [-0.3, -0.25) is 4.79 Å². The number of pyridine rings is 1. The topological polar surface area (TPSA) is 112 Å². The van der Waals surface area contributed by atoms with Crippen molar-refractivity contribution in [3.8, 4) is 0 Å². The highest BCUT2D eigenvalue weighted by molar-refractivity contribution is 6.30. The Balaban J connectivity index is 2.19. The summed E-state index contributed by atoms with van der Waals surface area (Å²) in [5.41, 5.74) is -0.124. The van der Waals surface area contributed by atoms with Crippen LogP contribution in [0.3, 0.4) is 0 Å². The molecule has 1 amide bonds. The van der Waals surface area contributed by atoms with Gasteiger partial charge in [0.05, 0.1) is 18.2 Å². The number of carbonyl (C=O) groups is 3. The maximum Gasteiger partial charge on any atom is 0.358 e. The number of amides is 1. The van der Waals surface area contributed by atoms with Crippen LogP contribution in [0.2, 0.25) is 5.02 Å². The first-order valence-electron chi connectivity index (χ1n) is 7.78. The molecular formula is C16H17ClN4O5. The minimum absolute atomic E-state index is 0.0332. The minimum atomic E-state index is -0.701. The predicted molar refractivity (Wildman–Crippen MR) is 92.0 cm³/mol. The molecule has 26 heavy (non-hydrogen) atoms. The third kappa shape index (κ3) is 5.03. The number of ether oxygens (including phenoxy) is 2. The van der Waals surface area contributed by atoms with Crippen LogP contribution in [0.1, 0.15) is 34.8 Å². The van der Waals surface area contributed by atoms with Crippen LogP contribution in [0.25, 0.3) is 0 Å². The van der Waals surface area contributed by atoms with E-state index < -0.39 is 17.8 Å². The first-order chi connectivity index (χ1) is 12.4. The summed E-state index contributed by atoms with van der Waals surface area (Å²) >= 11 is 5.74. The quantitative estimate of drug-likeness (QED) is 0.730. The minimum Gasteiger partial charge on any atom is -0.461 e. The number of aromatic nitrogens is 3. The molecule has 0 atom stereocenters. The highest BCUT2D eigenvalue weighted by atomic mass is 35.5. The molecule has 0 saturated heterocycles. The lowest BCUT2D eigenvalue weighted by Gasteiger charge is -2.07. The van der Waals surface area contributed by atoms with Gasteiger partial charge in [-0.05, 0) is 26.0 Å². The lowest BCUT2D eigenvalue weighted by atomic mass is 10.3. The van der Waals surface area contributed by atoms with Gasteiger partial charge in [-0.25, -0.2) is 19.3 Å². The van der Waals surface area contributed by atoms with Crippen molar-refractivity contribution in [1.82, 2.24) is 14.8 Å². The zero-order valence-electron chi connectivity index (χ0n) is 14.2. The van der Waals surface area contributed by atoms with Crippen LogP contribution in [0.4, 0.5) is 5.82 Å². The van der Waals surface area contributed by atoms with Crippen molar-refractivity contribution < 1.29 is 23.9 Å². The van der Waals surface area contributed by atoms with E-state index in [0.29, 0.717) is 5.02 Å². The Morgan fingerprint density at radius 3 is 2.46 bits per heavy atom. The first kappa shape index (κ1) is 19.4. The third-order valence-electron chi connectivity index (χ3n) is 3.04. The number of rotatable bonds is 7. The van der Waals surface area contributed by atoms with Gasteiger partial charge < -0.3 is 14.8 Å². The van der Waals surface area contributed by atoms with Gasteiger partial charge in [0.25, 0.3) is 0 Å². The summed E-state index contributed by atoms with van der Waals surface area (Å²) in [4.78, 5) is 40.0. The molecule has 0 bridgehead atoms. The van der Waals surface area contributed by atoms with Gasteiger partial charge in [-0.1, -0.05) is 11.6 Å². The van der Waals surface area contributed by atoms with Crippen LogP contribution < -0.4 is 5.32 Å². The molecule has 0 radical (unpaired) electrons. The number of halogens is 1. The summed E-state index contributed by atoms with van der Waals surface area (Å²) in [6.07, 6.45) is 1.38. The lowest BCUT2D eigenvalue weighted by Crippen LogP contribution is -2.23. The molecular weight excluding hydrogens is 364 g/mol. The molecule has 0 aliphatic carbocycles. The average Bonchev–Trinajstić information content (AvgIpc) is 3.01. The molecule has 10 heteroatoms. The molecule has 2 heterocycles. The Labute approximate surface area is 154 Å². The van der Waals surface area contributed by atoms with Crippen LogP contribution in [-0.2, 0) is 20.8 Å². The van der Waals surface area contributed by atoms with Crippen molar-refractivity contribution in [3.05, 3.63) is 40.8 Å². The molecule has 0 fully saturated rings. The van der Waals surface area contributed by atoms with Crippen molar-refractivity contribution in [3.63, 3.8) is 0 Å². The second-order valence-electron chi connectivity index (χ2n) is 4.92. The fraction of sp³-hybridized carbons (Fsp3) is 0.312. The highest BCUT2D eigenvalue weighted by Gasteiger charge is 2.22. The fourth-order valence-corrected chi connectivity index (χ4v) is 2.09. The molecule has 2 rings (SSSR count). The van der Waals surface area contributed by atoms with Crippen LogP contribution in [0.15, 0.2) is 24.4 Å². The van der Waals surface area contributed by atoms with Crippen LogP contribution in [-0.4, -0.2) is 45.8 Å². The summed E-state index contributed by atoms with van der Waals surface area (Å²) in [5, 5.41) is 6.94. The summed E-state index contributed by atoms with van der Waals surface area (Å²) in [7, 11) is 0. The number of carbonyl (C=O) groups excluding carboxylic acids is 3. The summed E-state index contributed by atoms with van der Waals surface area (Å²) < 4.78 is 10.9. The number of hydrogen-bond acceptors (Lipinski definition) is 7. The molecule has 0 aromatic carbocycles. The van der Waals surface area contributed by atoms with E-state index in [0.717, 1.165) is 4.68 Å². The second-order valence-corrected chi connectivity index (χ2v) is 5.36. The molecule has 2 aromatic heterocycles. The maximum absolute atomic E-state index is 12.2. The normalized spacial score (nSPS) is 10.3. The molecule has 1 N–H and O–H groups in total. The van der Waals surface area contributed by atoms with E-state index in [9.17, 15) is 14.4 Å². The van der Waals surface area contributed by atoms with Crippen molar-refractivity contribution >= 4 is 35.3 Å². The molecule has 0 unspecified atom stereocenters. The Morgan fingerprint density at radius 2 is 1.85 bits per heavy atom. The number of hydrogen-bond donors (Lipinski definition) is 1. The van der Waals surface area contributed by atoms with E-state index in [4.69, 9.17) is 21.1 Å². The SMILES string of the molecule is CCOC(=O)c1cc(C(=O)OCC)n(CC(=O)Nc2ccc(Cl)cn2)n1. The van der Waals surface area contributed by atoms with Gasteiger partial charge >= 0.3 is 11.9 Å². The standard InChI is InChI=1S/C16H17ClN4O5/c1-3-25-15(23)11-7-12(16(24)26-4-2)21(20-11)9-14(22)19-13-6-5-10(17)8-18-13/h5-8H,3-4,9H2,1-2H3,(H,18,19,22). The molecule has 138 valence electrons. The van der Waals surface area contributed by atoms with E-state index in [-0.39, 0.29) is 37.0 Å². The summed E-state index contributed by atoms with van der Waals surface area (Å²) in [5.74, 6) is -1.61. The molecule has 0 spiro atoms. The van der Waals surface area contributed by atoms with Crippen LogP contribution in [0, 0.1) is 0 Å². The zero-order valence-corrected chi connectivity index (χ0v) is 14.9. The Hall–Kier alpha value is -2.94. The van der Waals surface area contributed by atoms with Crippen LogP contribution in [0.5, 0.6) is 0 Å². The smallest absolute Gasteiger partial charge is 0.358 e. The van der Waals surface area contributed by atoms with Gasteiger partial charge in [0.2, 0.25) is 5.91 Å². The number of nitrogens with zero attached hydrogens (tertiary/aromatic N) is 3. The summed E-state index contributed by atoms with van der Waals surface area (Å²) in [6.45, 7) is 3.26. The van der Waals surface area contributed by atoms with Gasteiger partial charge in [-0.2, -0.15) is 5.10 Å². The van der Waals surface area contributed by atoms with Crippen molar-refractivity contribution in [2.45, 2.75) is 20.4 Å². The number of nitrogens with one attached hydrogen (secondary N) is 1. The second kappa shape index (κ2) is 8.95. The average molecular weight is 381 g/mol. The van der Waals surface area contributed by atoms with Crippen molar-refractivity contribution in [1.29, 1.82) is 0 Å². The molecule has 9 nitrogen and oxygen atoms in total. The predicted octanol–water partition coefficient (Wildman–Crippen LogP) is 1.92. The molecule has 2 aromatic rings. The van der Waals surface area contributed by atoms with E-state index >= 15 is 0 Å². The first-order valence-corrected chi connectivity index (χ1v) is 8.15. The summed E-state index contributed by atoms with van der Waals surface area (Å²) in [6, 6.07) is 4.32. The fourth-order valence-electron chi connectivity index (χ4n) is 1.98. The zero-order chi connectivity index (χ0) is 19.1. The largest absolute Gasteiger partial charge is 0.461 e. The molecule has 0 aliphatic heterocycles. The van der Waals surface area contributed by atoms with Gasteiger partial charge in [0.1, 0.15) is 18.1 Å². The van der Waals surface area contributed by atoms with E-state index in [1.54, 1.807) is 19.9 Å². The Kier molecular flexibility index (Phi) is 6.67. The molecule has 0 aliphatic rings. The molecule has 0 saturated carbocycles. The van der Waals surface area contributed by atoms with Gasteiger partial charge in [0.15, 0.2) is 5.69 Å². The number of anilines is 1. The van der Waals surface area contributed by atoms with E-state index in [1.165, 1.54) is 18.3 Å². The highest BCUT2D eigenvalue weighted by Crippen LogP contribution is 2.11. The number of esters is 2. The van der Waals surface area contributed by atoms with Crippen molar-refractivity contribution in [2.75, 3.05) is 18.5 Å². The van der Waals surface area contributed by atoms with E-state index in [2.05, 4.69) is 15.4 Å². The maximum atomic E-state index is 12.2. The monoisotopic (exact) mass is 380 g/mol. The van der Waals surface area contributed by atoms with Gasteiger partial charge in [-0.15, -0.1) is 0 Å². The lowest BCUT2D eigenvalue weighted by molar-refractivity contribution is -0.117.